The molecule has 3 rings (SSSR count). The first-order valence-corrected chi connectivity index (χ1v) is 7.52. The minimum absolute atomic E-state index is 0.591. The minimum atomic E-state index is 0.591. The molecule has 1 saturated heterocycles. The number of thiazole rings is 1. The molecule has 1 atom stereocenters. The van der Waals surface area contributed by atoms with Crippen molar-refractivity contribution < 1.29 is 0 Å². The van der Waals surface area contributed by atoms with Gasteiger partial charge in [0.2, 0.25) is 0 Å². The van der Waals surface area contributed by atoms with Crippen molar-refractivity contribution in [3.8, 4) is 0 Å². The first-order valence-electron chi connectivity index (χ1n) is 6.71. The molecule has 1 aromatic heterocycles. The maximum Gasteiger partial charge on any atom is 0.186 e. The van der Waals surface area contributed by atoms with Gasteiger partial charge in [-0.3, -0.25) is 0 Å². The predicted octanol–water partition coefficient (Wildman–Crippen LogP) is 2.41. The van der Waals surface area contributed by atoms with E-state index in [0.29, 0.717) is 6.04 Å². The molecular weight excluding hydrogens is 256 g/mol. The Kier molecular flexibility index (Phi) is 3.33. The first-order chi connectivity index (χ1) is 9.13. The van der Waals surface area contributed by atoms with Crippen molar-refractivity contribution in [2.45, 2.75) is 18.9 Å². The van der Waals surface area contributed by atoms with E-state index < -0.39 is 0 Å². The highest BCUT2D eigenvalue weighted by Crippen LogP contribution is 2.34. The van der Waals surface area contributed by atoms with Crippen LogP contribution in [0.15, 0.2) is 18.2 Å². The standard InChI is InChI=1S/C14H20N4S/c1-17(2)9-11-4-3-7-18(11)14-16-12-8-10(15)5-6-13(12)19-14/h5-6,8,11H,3-4,7,9,15H2,1-2H3. The number of aromatic nitrogens is 1. The van der Waals surface area contributed by atoms with E-state index in [4.69, 9.17) is 10.7 Å². The molecule has 1 aliphatic rings. The third kappa shape index (κ3) is 2.53. The molecule has 4 nitrogen and oxygen atoms in total. The molecule has 0 radical (unpaired) electrons. The summed E-state index contributed by atoms with van der Waals surface area (Å²) in [6.45, 7) is 2.21. The summed E-state index contributed by atoms with van der Waals surface area (Å²) in [4.78, 5) is 9.48. The third-order valence-electron chi connectivity index (χ3n) is 3.60. The number of anilines is 2. The van der Waals surface area contributed by atoms with Crippen LogP contribution in [0.5, 0.6) is 0 Å². The van der Waals surface area contributed by atoms with Crippen LogP contribution in [0.3, 0.4) is 0 Å². The molecule has 1 unspecified atom stereocenters. The molecular formula is C14H20N4S. The average Bonchev–Trinajstić information content (AvgIpc) is 2.93. The molecule has 2 aromatic rings. The first kappa shape index (κ1) is 12.7. The fourth-order valence-corrected chi connectivity index (χ4v) is 3.80. The summed E-state index contributed by atoms with van der Waals surface area (Å²) in [6, 6.07) is 6.58. The van der Waals surface area contributed by atoms with Gasteiger partial charge in [0.25, 0.3) is 0 Å². The fourth-order valence-electron chi connectivity index (χ4n) is 2.75. The highest BCUT2D eigenvalue weighted by atomic mass is 32.1. The van der Waals surface area contributed by atoms with E-state index in [0.717, 1.165) is 29.4 Å². The summed E-state index contributed by atoms with van der Waals surface area (Å²) in [5.74, 6) is 0. The van der Waals surface area contributed by atoms with E-state index in [1.165, 1.54) is 17.5 Å². The normalized spacial score (nSPS) is 19.7. The SMILES string of the molecule is CN(C)CC1CCCN1c1nc2cc(N)ccc2s1. The predicted molar refractivity (Wildman–Crippen MR) is 83.0 cm³/mol. The Hall–Kier alpha value is -1.33. The third-order valence-corrected chi connectivity index (χ3v) is 4.67. The largest absolute Gasteiger partial charge is 0.399 e. The zero-order valence-corrected chi connectivity index (χ0v) is 12.3. The average molecular weight is 276 g/mol. The Balaban J connectivity index is 1.90. The topological polar surface area (TPSA) is 45.4 Å². The van der Waals surface area contributed by atoms with Crippen LogP contribution in [0.25, 0.3) is 10.2 Å². The van der Waals surface area contributed by atoms with Gasteiger partial charge in [0.1, 0.15) is 0 Å². The lowest BCUT2D eigenvalue weighted by atomic mass is 10.2. The van der Waals surface area contributed by atoms with Crippen LogP contribution in [0.4, 0.5) is 10.8 Å². The molecule has 5 heteroatoms. The van der Waals surface area contributed by atoms with Crippen molar-refractivity contribution in [3.63, 3.8) is 0 Å². The summed E-state index contributed by atoms with van der Waals surface area (Å²) in [5.41, 5.74) is 7.64. The molecule has 19 heavy (non-hydrogen) atoms. The van der Waals surface area contributed by atoms with E-state index >= 15 is 0 Å². The van der Waals surface area contributed by atoms with Crippen molar-refractivity contribution in [2.75, 3.05) is 37.8 Å². The molecule has 0 amide bonds. The molecule has 0 bridgehead atoms. The van der Waals surface area contributed by atoms with Crippen LogP contribution in [0, 0.1) is 0 Å². The number of hydrogen-bond donors (Lipinski definition) is 1. The second-order valence-electron chi connectivity index (χ2n) is 5.48. The van der Waals surface area contributed by atoms with Crippen molar-refractivity contribution in [1.29, 1.82) is 0 Å². The Bertz CT molecular complexity index is 578. The quantitative estimate of drug-likeness (QED) is 0.875. The zero-order chi connectivity index (χ0) is 13.4. The molecule has 0 aliphatic carbocycles. The van der Waals surface area contributed by atoms with Crippen LogP contribution >= 0.6 is 11.3 Å². The maximum absolute atomic E-state index is 5.82. The second kappa shape index (κ2) is 4.98. The molecule has 2 N–H and O–H groups in total. The highest BCUT2D eigenvalue weighted by Gasteiger charge is 2.27. The number of nitrogens with two attached hydrogens (primary N) is 1. The van der Waals surface area contributed by atoms with E-state index in [9.17, 15) is 0 Å². The maximum atomic E-state index is 5.82. The fraction of sp³-hybridized carbons (Fsp3) is 0.500. The Morgan fingerprint density at radius 1 is 1.47 bits per heavy atom. The van der Waals surface area contributed by atoms with Gasteiger partial charge in [0, 0.05) is 24.8 Å². The van der Waals surface area contributed by atoms with Gasteiger partial charge in [-0.15, -0.1) is 0 Å². The number of likely N-dealkylation sites (N-methyl/N-ethyl adjacent to an activating group) is 1. The molecule has 1 fully saturated rings. The van der Waals surface area contributed by atoms with Gasteiger partial charge in [0.05, 0.1) is 10.2 Å². The van der Waals surface area contributed by atoms with Gasteiger partial charge in [-0.25, -0.2) is 4.98 Å². The smallest absolute Gasteiger partial charge is 0.186 e. The number of hydrogen-bond acceptors (Lipinski definition) is 5. The summed E-state index contributed by atoms with van der Waals surface area (Å²) in [6.07, 6.45) is 2.52. The minimum Gasteiger partial charge on any atom is -0.399 e. The van der Waals surface area contributed by atoms with Crippen molar-refractivity contribution >= 4 is 32.4 Å². The van der Waals surface area contributed by atoms with E-state index in [-0.39, 0.29) is 0 Å². The van der Waals surface area contributed by atoms with Gasteiger partial charge < -0.3 is 15.5 Å². The lowest BCUT2D eigenvalue weighted by Gasteiger charge is -2.26. The second-order valence-corrected chi connectivity index (χ2v) is 6.48. The van der Waals surface area contributed by atoms with Gasteiger partial charge in [0.15, 0.2) is 5.13 Å². The van der Waals surface area contributed by atoms with Crippen LogP contribution in [0.2, 0.25) is 0 Å². The Labute approximate surface area is 117 Å². The van der Waals surface area contributed by atoms with Crippen molar-refractivity contribution in [1.82, 2.24) is 9.88 Å². The molecule has 1 aliphatic heterocycles. The molecule has 102 valence electrons. The van der Waals surface area contributed by atoms with Gasteiger partial charge >= 0.3 is 0 Å². The van der Waals surface area contributed by atoms with Crippen LogP contribution < -0.4 is 10.6 Å². The number of rotatable bonds is 3. The zero-order valence-electron chi connectivity index (χ0n) is 11.5. The highest BCUT2D eigenvalue weighted by molar-refractivity contribution is 7.22. The van der Waals surface area contributed by atoms with Gasteiger partial charge in [-0.05, 0) is 45.1 Å². The van der Waals surface area contributed by atoms with Crippen LogP contribution in [-0.2, 0) is 0 Å². The van der Waals surface area contributed by atoms with Crippen LogP contribution in [-0.4, -0.2) is 43.1 Å². The number of benzene rings is 1. The molecule has 2 heterocycles. The van der Waals surface area contributed by atoms with Gasteiger partial charge in [-0.1, -0.05) is 11.3 Å². The van der Waals surface area contributed by atoms with Crippen molar-refractivity contribution in [2.24, 2.45) is 0 Å². The van der Waals surface area contributed by atoms with Gasteiger partial charge in [-0.2, -0.15) is 0 Å². The van der Waals surface area contributed by atoms with E-state index in [2.05, 4.69) is 30.0 Å². The molecule has 0 spiro atoms. The summed E-state index contributed by atoms with van der Waals surface area (Å²) in [7, 11) is 4.27. The van der Waals surface area contributed by atoms with Crippen LogP contribution in [0.1, 0.15) is 12.8 Å². The van der Waals surface area contributed by atoms with E-state index in [1.54, 1.807) is 11.3 Å². The number of fused-ring (bicyclic) bond motifs is 1. The summed E-state index contributed by atoms with van der Waals surface area (Å²) in [5, 5.41) is 1.14. The number of nitrogens with zero attached hydrogens (tertiary/aromatic N) is 3. The molecule has 1 aromatic carbocycles. The van der Waals surface area contributed by atoms with Crippen molar-refractivity contribution in [3.05, 3.63) is 18.2 Å². The monoisotopic (exact) mass is 276 g/mol. The lowest BCUT2D eigenvalue weighted by molar-refractivity contribution is 0.372. The Morgan fingerprint density at radius 3 is 3.11 bits per heavy atom. The summed E-state index contributed by atoms with van der Waals surface area (Å²) < 4.78 is 1.22. The Morgan fingerprint density at radius 2 is 2.32 bits per heavy atom. The summed E-state index contributed by atoms with van der Waals surface area (Å²) >= 11 is 1.77. The lowest BCUT2D eigenvalue weighted by Crippen LogP contribution is -2.37. The number of nitrogen functional groups attached to an aromatic ring is 1. The molecule has 0 saturated carbocycles. The van der Waals surface area contributed by atoms with E-state index in [1.807, 2.05) is 12.1 Å².